The Hall–Kier alpha value is -2.60. The molecule has 0 saturated heterocycles. The normalized spacial score (nSPS) is 10.7. The molecule has 0 aliphatic heterocycles. The van der Waals surface area contributed by atoms with Gasteiger partial charge in [-0.1, -0.05) is 18.2 Å². The van der Waals surface area contributed by atoms with Gasteiger partial charge in [0.15, 0.2) is 0 Å². The molecule has 2 aromatic rings. The third-order valence-corrected chi connectivity index (χ3v) is 2.86. The van der Waals surface area contributed by atoms with Crippen LogP contribution in [0.25, 0.3) is 6.08 Å². The van der Waals surface area contributed by atoms with Gasteiger partial charge in [-0.05, 0) is 17.7 Å². The molecule has 1 aromatic carbocycles. The van der Waals surface area contributed by atoms with Gasteiger partial charge in [-0.2, -0.15) is 0 Å². The minimum absolute atomic E-state index is 0.563. The minimum atomic E-state index is -0.563. The SMILES string of the molecule is Cn1cncc1CNc1ccccc1/C=C/C(=O)NO. The second kappa shape index (κ2) is 6.53. The standard InChI is InChI=1S/C14H16N4O2/c1-18-10-15-8-12(18)9-16-13-5-3-2-4-11(13)6-7-14(19)17-20/h2-8,10,16,20H,9H2,1H3,(H,17,19)/b7-6+. The summed E-state index contributed by atoms with van der Waals surface area (Å²) in [6.45, 7) is 0.632. The van der Waals surface area contributed by atoms with E-state index in [1.165, 1.54) is 6.08 Å². The highest BCUT2D eigenvalue weighted by Gasteiger charge is 2.01. The number of amides is 1. The number of hydrogen-bond donors (Lipinski definition) is 3. The topological polar surface area (TPSA) is 79.2 Å². The van der Waals surface area contributed by atoms with Crippen LogP contribution in [0, 0.1) is 0 Å². The van der Waals surface area contributed by atoms with Crippen LogP contribution in [0.3, 0.4) is 0 Å². The number of carbonyl (C=O) groups is 1. The van der Waals surface area contributed by atoms with Gasteiger partial charge in [0, 0.05) is 25.0 Å². The predicted octanol–water partition coefficient (Wildman–Crippen LogP) is 1.55. The Kier molecular flexibility index (Phi) is 4.52. The van der Waals surface area contributed by atoms with Gasteiger partial charge in [-0.15, -0.1) is 0 Å². The van der Waals surface area contributed by atoms with Crippen LogP contribution in [-0.2, 0) is 18.4 Å². The summed E-state index contributed by atoms with van der Waals surface area (Å²) >= 11 is 0. The van der Waals surface area contributed by atoms with Gasteiger partial charge in [-0.25, -0.2) is 10.5 Å². The van der Waals surface area contributed by atoms with Crippen molar-refractivity contribution in [3.05, 3.63) is 54.1 Å². The van der Waals surface area contributed by atoms with Crippen molar-refractivity contribution in [1.82, 2.24) is 15.0 Å². The number of rotatable bonds is 5. The average Bonchev–Trinajstić information content (AvgIpc) is 2.88. The first kappa shape index (κ1) is 13.8. The van der Waals surface area contributed by atoms with E-state index in [0.29, 0.717) is 6.54 Å². The zero-order valence-electron chi connectivity index (χ0n) is 11.1. The number of nitrogens with zero attached hydrogens (tertiary/aromatic N) is 2. The Morgan fingerprint density at radius 3 is 2.95 bits per heavy atom. The quantitative estimate of drug-likeness (QED) is 0.438. The van der Waals surface area contributed by atoms with Crippen LogP contribution in [0.1, 0.15) is 11.3 Å². The second-order valence-corrected chi connectivity index (χ2v) is 4.25. The summed E-state index contributed by atoms with van der Waals surface area (Å²) < 4.78 is 1.94. The number of anilines is 1. The number of imidazole rings is 1. The highest BCUT2D eigenvalue weighted by molar-refractivity contribution is 5.91. The fourth-order valence-corrected chi connectivity index (χ4v) is 1.75. The maximum Gasteiger partial charge on any atom is 0.267 e. The molecule has 0 aliphatic carbocycles. The predicted molar refractivity (Wildman–Crippen MR) is 75.9 cm³/mol. The van der Waals surface area contributed by atoms with Crippen molar-refractivity contribution in [2.75, 3.05) is 5.32 Å². The van der Waals surface area contributed by atoms with E-state index in [4.69, 9.17) is 5.21 Å². The molecule has 0 unspecified atom stereocenters. The van der Waals surface area contributed by atoms with Crippen LogP contribution in [0.15, 0.2) is 42.9 Å². The summed E-state index contributed by atoms with van der Waals surface area (Å²) in [4.78, 5) is 15.1. The number of hydrogen-bond acceptors (Lipinski definition) is 4. The second-order valence-electron chi connectivity index (χ2n) is 4.25. The molecule has 1 amide bonds. The maximum absolute atomic E-state index is 11.0. The van der Waals surface area contributed by atoms with Gasteiger partial charge in [-0.3, -0.25) is 10.0 Å². The van der Waals surface area contributed by atoms with Crippen LogP contribution >= 0.6 is 0 Å². The van der Waals surface area contributed by atoms with E-state index in [9.17, 15) is 4.79 Å². The summed E-state index contributed by atoms with van der Waals surface area (Å²) in [7, 11) is 1.93. The van der Waals surface area contributed by atoms with Crippen molar-refractivity contribution in [3.63, 3.8) is 0 Å². The third kappa shape index (κ3) is 3.46. The number of carbonyl (C=O) groups excluding carboxylic acids is 1. The Morgan fingerprint density at radius 2 is 2.25 bits per heavy atom. The van der Waals surface area contributed by atoms with E-state index in [0.717, 1.165) is 16.9 Å². The highest BCUT2D eigenvalue weighted by Crippen LogP contribution is 2.17. The molecule has 6 nitrogen and oxygen atoms in total. The number of aromatic nitrogens is 2. The summed E-state index contributed by atoms with van der Waals surface area (Å²) in [6, 6.07) is 7.60. The molecule has 104 valence electrons. The van der Waals surface area contributed by atoms with E-state index in [1.807, 2.05) is 35.9 Å². The van der Waals surface area contributed by atoms with Gasteiger partial charge in [0.2, 0.25) is 0 Å². The summed E-state index contributed by atoms with van der Waals surface area (Å²) in [5.41, 5.74) is 4.37. The fraction of sp³-hybridized carbons (Fsp3) is 0.143. The van der Waals surface area contributed by atoms with Gasteiger partial charge in [0.05, 0.1) is 18.6 Å². The first-order valence-electron chi connectivity index (χ1n) is 6.11. The summed E-state index contributed by atoms with van der Waals surface area (Å²) in [5, 5.41) is 11.8. The molecule has 3 N–H and O–H groups in total. The molecular formula is C14H16N4O2. The molecule has 0 aliphatic rings. The van der Waals surface area contributed by atoms with Crippen molar-refractivity contribution in [3.8, 4) is 0 Å². The molecule has 0 spiro atoms. The lowest BCUT2D eigenvalue weighted by Gasteiger charge is -2.09. The van der Waals surface area contributed by atoms with Crippen molar-refractivity contribution < 1.29 is 10.0 Å². The Labute approximate surface area is 116 Å². The Morgan fingerprint density at radius 1 is 1.45 bits per heavy atom. The lowest BCUT2D eigenvalue weighted by Crippen LogP contribution is -2.14. The molecule has 6 heteroatoms. The fourth-order valence-electron chi connectivity index (χ4n) is 1.75. The van der Waals surface area contributed by atoms with E-state index >= 15 is 0 Å². The molecule has 0 bridgehead atoms. The smallest absolute Gasteiger partial charge is 0.267 e. The molecule has 20 heavy (non-hydrogen) atoms. The van der Waals surface area contributed by atoms with Crippen molar-refractivity contribution >= 4 is 17.7 Å². The molecule has 1 heterocycles. The monoisotopic (exact) mass is 272 g/mol. The van der Waals surface area contributed by atoms with E-state index in [2.05, 4.69) is 10.3 Å². The van der Waals surface area contributed by atoms with E-state index in [1.54, 1.807) is 24.1 Å². The van der Waals surface area contributed by atoms with Crippen LogP contribution in [0.5, 0.6) is 0 Å². The lowest BCUT2D eigenvalue weighted by molar-refractivity contribution is -0.124. The van der Waals surface area contributed by atoms with E-state index < -0.39 is 5.91 Å². The van der Waals surface area contributed by atoms with Crippen LogP contribution in [-0.4, -0.2) is 20.7 Å². The Balaban J connectivity index is 2.10. The molecule has 1 aromatic heterocycles. The largest absolute Gasteiger partial charge is 0.379 e. The van der Waals surface area contributed by atoms with Crippen LogP contribution < -0.4 is 10.8 Å². The average molecular weight is 272 g/mol. The van der Waals surface area contributed by atoms with E-state index in [-0.39, 0.29) is 0 Å². The summed E-state index contributed by atoms with van der Waals surface area (Å²) in [5.74, 6) is -0.563. The lowest BCUT2D eigenvalue weighted by atomic mass is 10.1. The van der Waals surface area contributed by atoms with Gasteiger partial charge < -0.3 is 9.88 Å². The molecular weight excluding hydrogens is 256 g/mol. The molecule has 0 radical (unpaired) electrons. The zero-order chi connectivity index (χ0) is 14.4. The number of nitrogens with one attached hydrogen (secondary N) is 2. The minimum Gasteiger partial charge on any atom is -0.379 e. The van der Waals surface area contributed by atoms with Gasteiger partial charge in [0.25, 0.3) is 5.91 Å². The highest BCUT2D eigenvalue weighted by atomic mass is 16.5. The van der Waals surface area contributed by atoms with Crippen LogP contribution in [0.4, 0.5) is 5.69 Å². The maximum atomic E-state index is 11.0. The first-order chi connectivity index (χ1) is 9.70. The van der Waals surface area contributed by atoms with Crippen molar-refractivity contribution in [1.29, 1.82) is 0 Å². The van der Waals surface area contributed by atoms with Crippen LogP contribution in [0.2, 0.25) is 0 Å². The third-order valence-electron chi connectivity index (χ3n) is 2.86. The number of benzene rings is 1. The van der Waals surface area contributed by atoms with Gasteiger partial charge in [0.1, 0.15) is 0 Å². The number of para-hydroxylation sites is 1. The molecule has 0 fully saturated rings. The number of hydroxylamine groups is 1. The van der Waals surface area contributed by atoms with Gasteiger partial charge >= 0.3 is 0 Å². The molecule has 2 rings (SSSR count). The van der Waals surface area contributed by atoms with Crippen molar-refractivity contribution in [2.45, 2.75) is 6.54 Å². The summed E-state index contributed by atoms with van der Waals surface area (Å²) in [6.07, 6.45) is 6.45. The van der Waals surface area contributed by atoms with Crippen molar-refractivity contribution in [2.24, 2.45) is 7.05 Å². The zero-order valence-corrected chi connectivity index (χ0v) is 11.1. The number of aryl methyl sites for hydroxylation is 1. The Bertz CT molecular complexity index is 619. The molecule has 0 saturated carbocycles. The first-order valence-corrected chi connectivity index (χ1v) is 6.11. The molecule has 0 atom stereocenters.